The number of hydrogen-bond acceptors (Lipinski definition) is 2. The van der Waals surface area contributed by atoms with Gasteiger partial charge in [0.1, 0.15) is 5.82 Å². The first kappa shape index (κ1) is 14.0. The van der Waals surface area contributed by atoms with Crippen LogP contribution in [0.4, 0.5) is 14.5 Å². The summed E-state index contributed by atoms with van der Waals surface area (Å²) in [5.41, 5.74) is 1.11. The third kappa shape index (κ3) is 2.93. The van der Waals surface area contributed by atoms with E-state index in [0.29, 0.717) is 16.8 Å². The summed E-state index contributed by atoms with van der Waals surface area (Å²) in [5, 5.41) is 2.60. The summed E-state index contributed by atoms with van der Waals surface area (Å²) in [6.45, 7) is 1.58. The van der Waals surface area contributed by atoms with E-state index in [1.807, 2.05) is 0 Å². The number of halogens is 2. The minimum atomic E-state index is -0.511. The molecule has 0 aliphatic heterocycles. The lowest BCUT2D eigenvalue weighted by Crippen LogP contribution is -2.12. The third-order valence-corrected chi connectivity index (χ3v) is 2.83. The molecule has 0 bridgehead atoms. The maximum absolute atomic E-state index is 13.2. The molecule has 0 radical (unpaired) electrons. The SMILES string of the molecule is COc1cc(NC(=O)c2ccc(F)c(C)c2)ccc1F. The second-order valence-electron chi connectivity index (χ2n) is 4.27. The van der Waals surface area contributed by atoms with Gasteiger partial charge in [-0.2, -0.15) is 0 Å². The van der Waals surface area contributed by atoms with Crippen molar-refractivity contribution in [3.05, 3.63) is 59.2 Å². The number of amides is 1. The molecule has 2 aromatic rings. The molecule has 5 heteroatoms. The van der Waals surface area contributed by atoms with E-state index in [9.17, 15) is 13.6 Å². The molecule has 0 aromatic heterocycles. The molecule has 3 nitrogen and oxygen atoms in total. The van der Waals surface area contributed by atoms with Crippen molar-refractivity contribution in [2.24, 2.45) is 0 Å². The number of rotatable bonds is 3. The van der Waals surface area contributed by atoms with E-state index < -0.39 is 11.7 Å². The molecule has 0 aliphatic carbocycles. The highest BCUT2D eigenvalue weighted by atomic mass is 19.1. The predicted octanol–water partition coefficient (Wildman–Crippen LogP) is 3.53. The monoisotopic (exact) mass is 277 g/mol. The summed E-state index contributed by atoms with van der Waals surface area (Å²) in [6.07, 6.45) is 0. The molecule has 1 N–H and O–H groups in total. The van der Waals surface area contributed by atoms with Crippen molar-refractivity contribution < 1.29 is 18.3 Å². The van der Waals surface area contributed by atoms with Crippen molar-refractivity contribution >= 4 is 11.6 Å². The number of nitrogens with one attached hydrogen (secondary N) is 1. The zero-order chi connectivity index (χ0) is 14.7. The molecule has 1 amide bonds. The average molecular weight is 277 g/mol. The first-order valence-electron chi connectivity index (χ1n) is 5.92. The number of aryl methyl sites for hydroxylation is 1. The van der Waals surface area contributed by atoms with Gasteiger partial charge in [0.2, 0.25) is 0 Å². The Morgan fingerprint density at radius 3 is 2.45 bits per heavy atom. The minimum absolute atomic E-state index is 0.0399. The van der Waals surface area contributed by atoms with Crippen molar-refractivity contribution in [2.75, 3.05) is 12.4 Å². The maximum Gasteiger partial charge on any atom is 0.255 e. The van der Waals surface area contributed by atoms with Crippen LogP contribution in [-0.2, 0) is 0 Å². The standard InChI is InChI=1S/C15H13F2NO2/c1-9-7-10(3-5-12(9)16)15(19)18-11-4-6-13(17)14(8-11)20-2/h3-8H,1-2H3,(H,18,19). The molecule has 104 valence electrons. The van der Waals surface area contributed by atoms with E-state index in [2.05, 4.69) is 5.32 Å². The van der Waals surface area contributed by atoms with Gasteiger partial charge >= 0.3 is 0 Å². The van der Waals surface area contributed by atoms with Gasteiger partial charge in [0.05, 0.1) is 7.11 Å². The molecule has 0 fully saturated rings. The van der Waals surface area contributed by atoms with Crippen LogP contribution in [0, 0.1) is 18.6 Å². The molecule has 2 rings (SSSR count). The minimum Gasteiger partial charge on any atom is -0.494 e. The molecule has 0 aliphatic rings. The van der Waals surface area contributed by atoms with Gasteiger partial charge in [0.15, 0.2) is 11.6 Å². The Bertz CT molecular complexity index is 656. The molecule has 0 atom stereocenters. The highest BCUT2D eigenvalue weighted by Gasteiger charge is 2.10. The number of ether oxygens (including phenoxy) is 1. The Hall–Kier alpha value is -2.43. The Balaban J connectivity index is 2.21. The van der Waals surface area contributed by atoms with Gasteiger partial charge in [-0.3, -0.25) is 4.79 Å². The molecule has 0 saturated heterocycles. The van der Waals surface area contributed by atoms with E-state index in [-0.39, 0.29) is 11.6 Å². The van der Waals surface area contributed by atoms with Gasteiger partial charge in [-0.05, 0) is 42.8 Å². The summed E-state index contributed by atoms with van der Waals surface area (Å²) in [5.74, 6) is -1.24. The first-order chi connectivity index (χ1) is 9.51. The van der Waals surface area contributed by atoms with Gasteiger partial charge in [-0.15, -0.1) is 0 Å². The van der Waals surface area contributed by atoms with Crippen LogP contribution in [0.25, 0.3) is 0 Å². The summed E-state index contributed by atoms with van der Waals surface area (Å²) < 4.78 is 31.2. The number of carbonyl (C=O) groups excluding carboxylic acids is 1. The average Bonchev–Trinajstić information content (AvgIpc) is 2.43. The van der Waals surface area contributed by atoms with Crippen LogP contribution in [0.5, 0.6) is 5.75 Å². The number of carbonyl (C=O) groups is 1. The molecule has 2 aromatic carbocycles. The number of anilines is 1. The second kappa shape index (κ2) is 5.69. The molecule has 0 spiro atoms. The van der Waals surface area contributed by atoms with E-state index in [1.165, 1.54) is 43.5 Å². The highest BCUT2D eigenvalue weighted by molar-refractivity contribution is 6.04. The van der Waals surface area contributed by atoms with E-state index in [1.54, 1.807) is 6.92 Å². The van der Waals surface area contributed by atoms with Crippen LogP contribution in [0.15, 0.2) is 36.4 Å². The van der Waals surface area contributed by atoms with E-state index in [0.717, 1.165) is 0 Å². The van der Waals surface area contributed by atoms with Gasteiger partial charge in [0.25, 0.3) is 5.91 Å². The topological polar surface area (TPSA) is 38.3 Å². The van der Waals surface area contributed by atoms with Gasteiger partial charge in [0, 0.05) is 17.3 Å². The van der Waals surface area contributed by atoms with Crippen LogP contribution in [0.1, 0.15) is 15.9 Å². The lowest BCUT2D eigenvalue weighted by Gasteiger charge is -2.08. The van der Waals surface area contributed by atoms with Crippen LogP contribution >= 0.6 is 0 Å². The largest absolute Gasteiger partial charge is 0.494 e. The summed E-state index contributed by atoms with van der Waals surface area (Å²) >= 11 is 0. The molecule has 20 heavy (non-hydrogen) atoms. The lowest BCUT2D eigenvalue weighted by molar-refractivity contribution is 0.102. The fourth-order valence-electron chi connectivity index (χ4n) is 1.73. The van der Waals surface area contributed by atoms with Gasteiger partial charge < -0.3 is 10.1 Å². The zero-order valence-electron chi connectivity index (χ0n) is 11.0. The summed E-state index contributed by atoms with van der Waals surface area (Å²) in [6, 6.07) is 8.07. The first-order valence-corrected chi connectivity index (χ1v) is 5.92. The summed E-state index contributed by atoms with van der Waals surface area (Å²) in [4.78, 5) is 12.0. The van der Waals surface area contributed by atoms with Crippen LogP contribution in [0.3, 0.4) is 0 Å². The fraction of sp³-hybridized carbons (Fsp3) is 0.133. The third-order valence-electron chi connectivity index (χ3n) is 2.83. The Kier molecular flexibility index (Phi) is 3.98. The summed E-state index contributed by atoms with van der Waals surface area (Å²) in [7, 11) is 1.34. The van der Waals surface area contributed by atoms with E-state index in [4.69, 9.17) is 4.74 Å². The molecule has 0 heterocycles. The molecular formula is C15H13F2NO2. The van der Waals surface area contributed by atoms with Crippen LogP contribution in [0.2, 0.25) is 0 Å². The number of benzene rings is 2. The Morgan fingerprint density at radius 2 is 1.80 bits per heavy atom. The Labute approximate surface area is 115 Å². The quantitative estimate of drug-likeness (QED) is 0.932. The van der Waals surface area contributed by atoms with Gasteiger partial charge in [-0.25, -0.2) is 8.78 Å². The van der Waals surface area contributed by atoms with E-state index >= 15 is 0 Å². The lowest BCUT2D eigenvalue weighted by atomic mass is 10.1. The van der Waals surface area contributed by atoms with Crippen molar-refractivity contribution in [3.8, 4) is 5.75 Å². The van der Waals surface area contributed by atoms with Crippen LogP contribution < -0.4 is 10.1 Å². The second-order valence-corrected chi connectivity index (χ2v) is 4.27. The number of methoxy groups -OCH3 is 1. The maximum atomic E-state index is 13.2. The predicted molar refractivity (Wildman–Crippen MR) is 72.0 cm³/mol. The molecule has 0 unspecified atom stereocenters. The number of hydrogen-bond donors (Lipinski definition) is 1. The Morgan fingerprint density at radius 1 is 1.10 bits per heavy atom. The van der Waals surface area contributed by atoms with Crippen molar-refractivity contribution in [1.29, 1.82) is 0 Å². The normalized spacial score (nSPS) is 10.2. The van der Waals surface area contributed by atoms with Gasteiger partial charge in [-0.1, -0.05) is 0 Å². The van der Waals surface area contributed by atoms with Crippen molar-refractivity contribution in [2.45, 2.75) is 6.92 Å². The molecule has 0 saturated carbocycles. The molecular weight excluding hydrogens is 264 g/mol. The van der Waals surface area contributed by atoms with Crippen LogP contribution in [-0.4, -0.2) is 13.0 Å². The smallest absolute Gasteiger partial charge is 0.255 e. The van der Waals surface area contributed by atoms with Crippen molar-refractivity contribution in [3.63, 3.8) is 0 Å². The fourth-order valence-corrected chi connectivity index (χ4v) is 1.73. The zero-order valence-corrected chi connectivity index (χ0v) is 11.0. The van der Waals surface area contributed by atoms with Crippen molar-refractivity contribution in [1.82, 2.24) is 0 Å². The highest BCUT2D eigenvalue weighted by Crippen LogP contribution is 2.22.